The van der Waals surface area contributed by atoms with Gasteiger partial charge >= 0.3 is 11.9 Å². The summed E-state index contributed by atoms with van der Waals surface area (Å²) in [6.07, 6.45) is 2.02. The third-order valence-corrected chi connectivity index (χ3v) is 5.50. The van der Waals surface area contributed by atoms with Crippen molar-refractivity contribution in [3.05, 3.63) is 17.8 Å². The van der Waals surface area contributed by atoms with Crippen molar-refractivity contribution in [2.75, 3.05) is 31.2 Å². The molecule has 2 aliphatic rings. The predicted molar refractivity (Wildman–Crippen MR) is 105 cm³/mol. The number of anilines is 1. The van der Waals surface area contributed by atoms with Gasteiger partial charge in [-0.25, -0.2) is 14.8 Å². The van der Waals surface area contributed by atoms with Crippen molar-refractivity contribution in [2.45, 2.75) is 26.8 Å². The molecular formula is C19H24N4O7. The lowest BCUT2D eigenvalue weighted by atomic mass is 9.76. The fraction of sp³-hybridized carbons (Fsp3) is 0.526. The number of carboxylic acid groups (broad SMARTS) is 3. The summed E-state index contributed by atoms with van der Waals surface area (Å²) >= 11 is 0. The molecule has 4 rings (SSSR count). The first-order chi connectivity index (χ1) is 14.2. The van der Waals surface area contributed by atoms with Gasteiger partial charge in [0.1, 0.15) is 10.9 Å². The summed E-state index contributed by atoms with van der Waals surface area (Å²) < 4.78 is 7.38. The molecule has 2 saturated heterocycles. The molecule has 2 aromatic heterocycles. The number of aromatic nitrogens is 3. The van der Waals surface area contributed by atoms with Gasteiger partial charge in [-0.15, -0.1) is 0 Å². The van der Waals surface area contributed by atoms with Crippen molar-refractivity contribution in [2.24, 2.45) is 11.3 Å². The van der Waals surface area contributed by atoms with E-state index in [1.807, 2.05) is 16.4 Å². The summed E-state index contributed by atoms with van der Waals surface area (Å²) in [5.41, 5.74) is 0.254. The standard InChI is InChI=1S/C17H20N4O5.C2H4O2/c1-2-21-13-12(5-10(6-18-13)14(22)23)19-16(21)20-7-11-3-4-26-9-17(11,8-20)15(24)25;1-2(3)4/h5-6,11H,2-4,7-9H2,1H3,(H,22,23)(H,24,25);1H3,(H,3,4)/t11-,17+;/m0./s1. The van der Waals surface area contributed by atoms with Gasteiger partial charge in [-0.05, 0) is 25.3 Å². The number of hydrogen-bond acceptors (Lipinski definition) is 7. The molecule has 0 unspecified atom stereocenters. The Hall–Kier alpha value is -3.21. The minimum absolute atomic E-state index is 0.00130. The number of fused-ring (bicyclic) bond motifs is 2. The number of nitrogens with zero attached hydrogens (tertiary/aromatic N) is 4. The van der Waals surface area contributed by atoms with Crippen molar-refractivity contribution in [1.82, 2.24) is 14.5 Å². The lowest BCUT2D eigenvalue weighted by Crippen LogP contribution is -2.46. The van der Waals surface area contributed by atoms with E-state index in [-0.39, 0.29) is 18.1 Å². The second kappa shape index (κ2) is 8.27. The molecule has 2 fully saturated rings. The number of carboxylic acids is 3. The van der Waals surface area contributed by atoms with Gasteiger partial charge in [-0.1, -0.05) is 0 Å². The van der Waals surface area contributed by atoms with Crippen LogP contribution in [0.25, 0.3) is 11.2 Å². The van der Waals surface area contributed by atoms with Gasteiger partial charge in [-0.2, -0.15) is 0 Å². The Labute approximate surface area is 171 Å². The highest BCUT2D eigenvalue weighted by atomic mass is 16.5. The lowest BCUT2D eigenvalue weighted by Gasteiger charge is -2.33. The van der Waals surface area contributed by atoms with Crippen molar-refractivity contribution >= 4 is 35.0 Å². The van der Waals surface area contributed by atoms with Crippen molar-refractivity contribution in [1.29, 1.82) is 0 Å². The van der Waals surface area contributed by atoms with Crippen LogP contribution in [0.4, 0.5) is 5.95 Å². The molecule has 162 valence electrons. The third kappa shape index (κ3) is 3.80. The first-order valence-electron chi connectivity index (χ1n) is 9.54. The van der Waals surface area contributed by atoms with Crippen LogP contribution in [-0.2, 0) is 20.9 Å². The fourth-order valence-electron chi connectivity index (χ4n) is 4.09. The smallest absolute Gasteiger partial charge is 0.337 e. The van der Waals surface area contributed by atoms with Crippen molar-refractivity contribution in [3.8, 4) is 0 Å². The molecule has 0 aliphatic carbocycles. The van der Waals surface area contributed by atoms with Crippen LogP contribution in [0.2, 0.25) is 0 Å². The molecule has 0 saturated carbocycles. The Bertz CT molecular complexity index is 985. The number of carbonyl (C=O) groups is 3. The molecule has 3 N–H and O–H groups in total. The first-order valence-corrected chi connectivity index (χ1v) is 9.54. The largest absolute Gasteiger partial charge is 0.481 e. The van der Waals surface area contributed by atoms with Crippen LogP contribution in [0.15, 0.2) is 12.3 Å². The summed E-state index contributed by atoms with van der Waals surface area (Å²) in [6, 6.07) is 1.50. The Morgan fingerprint density at radius 1 is 1.30 bits per heavy atom. The van der Waals surface area contributed by atoms with Crippen LogP contribution in [0, 0.1) is 11.3 Å². The molecule has 0 bridgehead atoms. The molecule has 0 aromatic carbocycles. The molecule has 11 heteroatoms. The average molecular weight is 420 g/mol. The molecule has 0 radical (unpaired) electrons. The second-order valence-electron chi connectivity index (χ2n) is 7.43. The second-order valence-corrected chi connectivity index (χ2v) is 7.43. The maximum absolute atomic E-state index is 12.0. The highest BCUT2D eigenvalue weighted by molar-refractivity contribution is 5.91. The Kier molecular flexibility index (Phi) is 5.92. The number of pyridine rings is 1. The molecule has 0 spiro atoms. The molecule has 0 amide bonds. The molecule has 2 aliphatic heterocycles. The maximum Gasteiger partial charge on any atom is 0.337 e. The van der Waals surface area contributed by atoms with Gasteiger partial charge in [0.05, 0.1) is 12.2 Å². The van der Waals surface area contributed by atoms with Gasteiger partial charge in [0.15, 0.2) is 5.65 Å². The molecule has 11 nitrogen and oxygen atoms in total. The highest BCUT2D eigenvalue weighted by Crippen LogP contribution is 2.43. The number of imidazole rings is 1. The Morgan fingerprint density at radius 3 is 2.57 bits per heavy atom. The summed E-state index contributed by atoms with van der Waals surface area (Å²) in [7, 11) is 0. The Balaban J connectivity index is 0.000000589. The number of hydrogen-bond donors (Lipinski definition) is 3. The minimum Gasteiger partial charge on any atom is -0.481 e. The number of ether oxygens (including phenoxy) is 1. The van der Waals surface area contributed by atoms with Gasteiger partial charge < -0.3 is 25.0 Å². The summed E-state index contributed by atoms with van der Waals surface area (Å²) in [4.78, 5) is 43.0. The van der Waals surface area contributed by atoms with E-state index in [0.717, 1.165) is 6.92 Å². The molecule has 30 heavy (non-hydrogen) atoms. The monoisotopic (exact) mass is 420 g/mol. The van der Waals surface area contributed by atoms with Crippen LogP contribution in [0.5, 0.6) is 0 Å². The van der Waals surface area contributed by atoms with Crippen LogP contribution in [-0.4, -0.2) is 74.1 Å². The van der Waals surface area contributed by atoms with Gasteiger partial charge in [-0.3, -0.25) is 14.2 Å². The van der Waals surface area contributed by atoms with Gasteiger partial charge in [0.2, 0.25) is 5.95 Å². The van der Waals surface area contributed by atoms with Crippen LogP contribution < -0.4 is 4.90 Å². The predicted octanol–water partition coefficient (Wildman–Crippen LogP) is 1.17. The summed E-state index contributed by atoms with van der Waals surface area (Å²) in [5, 5.41) is 26.4. The number of aromatic carboxylic acids is 1. The fourth-order valence-corrected chi connectivity index (χ4v) is 4.09. The van der Waals surface area contributed by atoms with Crippen molar-refractivity contribution in [3.63, 3.8) is 0 Å². The highest BCUT2D eigenvalue weighted by Gasteiger charge is 2.55. The molecule has 4 heterocycles. The van der Waals surface area contributed by atoms with E-state index < -0.39 is 23.3 Å². The third-order valence-electron chi connectivity index (χ3n) is 5.50. The minimum atomic E-state index is -1.05. The van der Waals surface area contributed by atoms with E-state index in [4.69, 9.17) is 19.7 Å². The van der Waals surface area contributed by atoms with E-state index in [2.05, 4.69) is 9.97 Å². The van der Waals surface area contributed by atoms with Crippen LogP contribution in [0.3, 0.4) is 0 Å². The lowest BCUT2D eigenvalue weighted by molar-refractivity contribution is -0.159. The number of aliphatic carboxylic acids is 2. The Morgan fingerprint density at radius 2 is 2.00 bits per heavy atom. The van der Waals surface area contributed by atoms with E-state index in [0.29, 0.717) is 49.8 Å². The first kappa shape index (κ1) is 21.5. The zero-order valence-corrected chi connectivity index (χ0v) is 16.7. The SMILES string of the molecule is CC(=O)O.CCn1c(N2C[C@@H]3CCOC[C@]3(C(=O)O)C2)nc2cc(C(=O)O)cnc21. The van der Waals surface area contributed by atoms with E-state index in [9.17, 15) is 14.7 Å². The normalized spacial score (nSPS) is 22.9. The quantitative estimate of drug-likeness (QED) is 0.656. The average Bonchev–Trinajstić information content (AvgIpc) is 3.25. The zero-order valence-electron chi connectivity index (χ0n) is 16.7. The van der Waals surface area contributed by atoms with Crippen molar-refractivity contribution < 1.29 is 34.4 Å². The molecule has 2 aromatic rings. The van der Waals surface area contributed by atoms with Gasteiger partial charge in [0, 0.05) is 39.4 Å². The number of rotatable bonds is 4. The van der Waals surface area contributed by atoms with Crippen LogP contribution in [0.1, 0.15) is 30.6 Å². The molecular weight excluding hydrogens is 396 g/mol. The van der Waals surface area contributed by atoms with E-state index in [1.54, 1.807) is 0 Å². The maximum atomic E-state index is 12.0. The van der Waals surface area contributed by atoms with E-state index >= 15 is 0 Å². The topological polar surface area (TPSA) is 155 Å². The summed E-state index contributed by atoms with van der Waals surface area (Å²) in [5.74, 6) is -2.09. The van der Waals surface area contributed by atoms with Gasteiger partial charge in [0.25, 0.3) is 5.97 Å². The van der Waals surface area contributed by atoms with Crippen LogP contribution >= 0.6 is 0 Å². The zero-order chi connectivity index (χ0) is 22.1. The molecule has 2 atom stereocenters. The van der Waals surface area contributed by atoms with E-state index in [1.165, 1.54) is 12.3 Å². The number of aryl methyl sites for hydroxylation is 1. The summed E-state index contributed by atoms with van der Waals surface area (Å²) in [6.45, 7) is 5.32.